The van der Waals surface area contributed by atoms with E-state index in [0.29, 0.717) is 31.9 Å². The molecule has 8 heteroatoms. The predicted octanol–water partition coefficient (Wildman–Crippen LogP) is 3.56. The van der Waals surface area contributed by atoms with Gasteiger partial charge in [0.15, 0.2) is 3.95 Å². The second-order valence-electron chi connectivity index (χ2n) is 5.11. The Labute approximate surface area is 149 Å². The molecule has 4 aromatic rings. The molecule has 4 rings (SSSR count). The molecule has 1 amide bonds. The molecule has 0 bridgehead atoms. The maximum atomic E-state index is 12.5. The number of aromatic amines is 1. The van der Waals surface area contributed by atoms with Crippen LogP contribution in [0.15, 0.2) is 46.6 Å². The first-order valence-corrected chi connectivity index (χ1v) is 9.23. The predicted molar refractivity (Wildman–Crippen MR) is 99.7 cm³/mol. The second kappa shape index (κ2) is 5.97. The van der Waals surface area contributed by atoms with Crippen LogP contribution >= 0.6 is 34.9 Å². The molecule has 0 fully saturated rings. The molecule has 1 aromatic carbocycles. The van der Waals surface area contributed by atoms with Crippen molar-refractivity contribution in [3.63, 3.8) is 0 Å². The number of carbonyl (C=O) groups is 1. The number of aromatic nitrogens is 2. The highest BCUT2D eigenvalue weighted by Crippen LogP contribution is 2.22. The summed E-state index contributed by atoms with van der Waals surface area (Å²) in [4.78, 5) is 29.1. The summed E-state index contributed by atoms with van der Waals surface area (Å²) >= 11 is 8.18. The molecule has 3 heterocycles. The van der Waals surface area contributed by atoms with Crippen molar-refractivity contribution in [1.29, 1.82) is 0 Å². The van der Waals surface area contributed by atoms with Crippen LogP contribution in [0, 0.1) is 3.95 Å². The van der Waals surface area contributed by atoms with Crippen molar-refractivity contribution in [3.8, 4) is 0 Å². The van der Waals surface area contributed by atoms with E-state index in [1.54, 1.807) is 27.9 Å². The smallest absolute Gasteiger partial charge is 0.265 e. The Kier molecular flexibility index (Phi) is 3.79. The van der Waals surface area contributed by atoms with Gasteiger partial charge in [-0.25, -0.2) is 0 Å². The Bertz CT molecular complexity index is 1170. The summed E-state index contributed by atoms with van der Waals surface area (Å²) in [5.41, 5.74) is 0.915. The van der Waals surface area contributed by atoms with Gasteiger partial charge in [-0.3, -0.25) is 14.0 Å². The molecule has 120 valence electrons. The number of nitrogens with zero attached hydrogens (tertiary/aromatic N) is 1. The topological polar surface area (TPSA) is 66.4 Å². The molecule has 0 radical (unpaired) electrons. The Morgan fingerprint density at radius 1 is 1.25 bits per heavy atom. The lowest BCUT2D eigenvalue weighted by Gasteiger charge is -2.04. The maximum absolute atomic E-state index is 12.5. The highest BCUT2D eigenvalue weighted by Gasteiger charge is 2.17. The van der Waals surface area contributed by atoms with E-state index in [9.17, 15) is 9.59 Å². The van der Waals surface area contributed by atoms with E-state index in [1.165, 1.54) is 11.3 Å². The SMILES string of the molecule is O=C(NCc1cccs1)c1sc(=S)n2c1[nH]c(=O)c1ccccc12. The molecule has 0 saturated carbocycles. The van der Waals surface area contributed by atoms with E-state index >= 15 is 0 Å². The maximum Gasteiger partial charge on any atom is 0.265 e. The highest BCUT2D eigenvalue weighted by molar-refractivity contribution is 7.73. The zero-order valence-electron chi connectivity index (χ0n) is 12.2. The lowest BCUT2D eigenvalue weighted by Crippen LogP contribution is -2.22. The molecule has 0 spiro atoms. The summed E-state index contributed by atoms with van der Waals surface area (Å²) in [5.74, 6) is -0.243. The molecule has 24 heavy (non-hydrogen) atoms. The summed E-state index contributed by atoms with van der Waals surface area (Å²) in [6.45, 7) is 0.450. The Morgan fingerprint density at radius 2 is 2.08 bits per heavy atom. The molecular formula is C16H11N3O2S3. The van der Waals surface area contributed by atoms with E-state index in [1.807, 2.05) is 29.6 Å². The van der Waals surface area contributed by atoms with Gasteiger partial charge in [-0.15, -0.1) is 11.3 Å². The van der Waals surface area contributed by atoms with Crippen molar-refractivity contribution < 1.29 is 4.79 Å². The first kappa shape index (κ1) is 15.3. The molecule has 2 N–H and O–H groups in total. The lowest BCUT2D eigenvalue weighted by atomic mass is 10.2. The average molecular weight is 373 g/mol. The molecular weight excluding hydrogens is 362 g/mol. The Hall–Kier alpha value is -2.29. The van der Waals surface area contributed by atoms with Gasteiger partial charge in [0.1, 0.15) is 10.5 Å². The third kappa shape index (κ3) is 2.48. The van der Waals surface area contributed by atoms with Crippen molar-refractivity contribution in [3.05, 3.63) is 65.8 Å². The van der Waals surface area contributed by atoms with Crippen molar-refractivity contribution in [2.45, 2.75) is 6.54 Å². The fourth-order valence-corrected chi connectivity index (χ4v) is 4.50. The van der Waals surface area contributed by atoms with Gasteiger partial charge >= 0.3 is 0 Å². The number of fused-ring (bicyclic) bond motifs is 3. The van der Waals surface area contributed by atoms with E-state index in [4.69, 9.17) is 12.2 Å². The van der Waals surface area contributed by atoms with Crippen LogP contribution in [0.25, 0.3) is 16.6 Å². The molecule has 0 unspecified atom stereocenters. The first-order chi connectivity index (χ1) is 11.6. The largest absolute Gasteiger partial charge is 0.346 e. The van der Waals surface area contributed by atoms with Crippen molar-refractivity contribution in [2.24, 2.45) is 0 Å². The van der Waals surface area contributed by atoms with Crippen molar-refractivity contribution in [2.75, 3.05) is 0 Å². The van der Waals surface area contributed by atoms with Crippen LogP contribution in [-0.4, -0.2) is 15.3 Å². The van der Waals surface area contributed by atoms with Crippen LogP contribution in [0.5, 0.6) is 0 Å². The van der Waals surface area contributed by atoms with E-state index in [2.05, 4.69) is 10.3 Å². The number of benzene rings is 1. The number of para-hydroxylation sites is 1. The van der Waals surface area contributed by atoms with Gasteiger partial charge in [0.05, 0.1) is 17.4 Å². The number of nitrogens with one attached hydrogen (secondary N) is 2. The molecule has 0 atom stereocenters. The molecule has 0 saturated heterocycles. The Balaban J connectivity index is 1.83. The zero-order valence-corrected chi connectivity index (χ0v) is 14.7. The number of thiophene rings is 1. The minimum absolute atomic E-state index is 0.231. The monoisotopic (exact) mass is 373 g/mol. The minimum atomic E-state index is -0.243. The summed E-state index contributed by atoms with van der Waals surface area (Å²) in [5, 5.41) is 5.38. The third-order valence-electron chi connectivity index (χ3n) is 3.64. The van der Waals surface area contributed by atoms with Crippen molar-refractivity contribution in [1.82, 2.24) is 14.7 Å². The van der Waals surface area contributed by atoms with E-state index < -0.39 is 0 Å². The van der Waals surface area contributed by atoms with Gasteiger partial charge in [-0.1, -0.05) is 29.5 Å². The van der Waals surface area contributed by atoms with Gasteiger partial charge in [-0.2, -0.15) is 0 Å². The number of amides is 1. The fourth-order valence-electron chi connectivity index (χ4n) is 2.56. The third-order valence-corrected chi connectivity index (χ3v) is 5.89. The van der Waals surface area contributed by atoms with Gasteiger partial charge in [-0.05, 0) is 35.8 Å². The van der Waals surface area contributed by atoms with Crippen LogP contribution in [0.2, 0.25) is 0 Å². The number of carbonyl (C=O) groups excluding carboxylic acids is 1. The minimum Gasteiger partial charge on any atom is -0.346 e. The fraction of sp³-hybridized carbons (Fsp3) is 0.0625. The van der Waals surface area contributed by atoms with Crippen LogP contribution in [0.4, 0.5) is 0 Å². The number of thiazole rings is 1. The summed E-state index contributed by atoms with van der Waals surface area (Å²) in [7, 11) is 0. The number of H-pyrrole nitrogens is 1. The number of hydrogen-bond donors (Lipinski definition) is 2. The summed E-state index contributed by atoms with van der Waals surface area (Å²) in [6.07, 6.45) is 0. The number of rotatable bonds is 3. The first-order valence-electron chi connectivity index (χ1n) is 7.12. The van der Waals surface area contributed by atoms with Gasteiger partial charge in [0, 0.05) is 4.88 Å². The molecule has 5 nitrogen and oxygen atoms in total. The zero-order chi connectivity index (χ0) is 16.7. The van der Waals surface area contributed by atoms with Crippen molar-refractivity contribution >= 4 is 57.3 Å². The van der Waals surface area contributed by atoms with Gasteiger partial charge < -0.3 is 10.3 Å². The standard InChI is InChI=1S/C16H11N3O2S3/c20-14-10-5-1-2-6-11(10)19-13(18-14)12(24-16(19)22)15(21)17-8-9-4-3-7-23-9/h1-7H,8H2,(H,17,21)(H,18,20). The quantitative estimate of drug-likeness (QED) is 0.540. The molecule has 3 aromatic heterocycles. The highest BCUT2D eigenvalue weighted by atomic mass is 32.1. The summed E-state index contributed by atoms with van der Waals surface area (Å²) in [6, 6.07) is 11.1. The van der Waals surface area contributed by atoms with Crippen LogP contribution in [0.1, 0.15) is 14.5 Å². The lowest BCUT2D eigenvalue weighted by molar-refractivity contribution is 0.0956. The van der Waals surface area contributed by atoms with E-state index in [0.717, 1.165) is 4.88 Å². The average Bonchev–Trinajstić information content (AvgIpc) is 3.21. The van der Waals surface area contributed by atoms with Crippen LogP contribution < -0.4 is 10.9 Å². The molecule has 0 aliphatic rings. The molecule has 0 aliphatic carbocycles. The molecule has 0 aliphatic heterocycles. The number of hydrogen-bond acceptors (Lipinski definition) is 5. The normalized spacial score (nSPS) is 11.2. The van der Waals surface area contributed by atoms with Crippen LogP contribution in [-0.2, 0) is 6.54 Å². The van der Waals surface area contributed by atoms with Crippen LogP contribution in [0.3, 0.4) is 0 Å². The van der Waals surface area contributed by atoms with E-state index in [-0.39, 0.29) is 11.5 Å². The summed E-state index contributed by atoms with van der Waals surface area (Å²) < 4.78 is 2.27. The second-order valence-corrected chi connectivity index (χ2v) is 7.79. The Morgan fingerprint density at radius 3 is 2.88 bits per heavy atom. The van der Waals surface area contributed by atoms with Gasteiger partial charge in [0.2, 0.25) is 0 Å². The van der Waals surface area contributed by atoms with Gasteiger partial charge in [0.25, 0.3) is 11.5 Å².